The lowest BCUT2D eigenvalue weighted by Gasteiger charge is -2.07. The van der Waals surface area contributed by atoms with Crippen LogP contribution in [0.4, 0.5) is 0 Å². The highest BCUT2D eigenvalue weighted by Crippen LogP contribution is 2.27. The molecule has 0 saturated heterocycles. The fraction of sp³-hybridized carbons (Fsp3) is 0.0769. The van der Waals surface area contributed by atoms with Crippen molar-refractivity contribution in [3.05, 3.63) is 42.0 Å². The number of carbonyl (C=O) groups is 2. The number of esters is 1. The molecule has 0 spiro atoms. The number of aromatic carboxylic acids is 1. The summed E-state index contributed by atoms with van der Waals surface area (Å²) in [4.78, 5) is 21.9. The Hall–Kier alpha value is -2.36. The van der Waals surface area contributed by atoms with Gasteiger partial charge in [0.25, 0.3) is 0 Å². The highest BCUT2D eigenvalue weighted by Gasteiger charge is 2.10. The average molecular weight is 230 g/mol. The number of carbonyl (C=O) groups excluding carboxylic acids is 1. The van der Waals surface area contributed by atoms with Gasteiger partial charge in [0.15, 0.2) is 0 Å². The van der Waals surface area contributed by atoms with Crippen molar-refractivity contribution in [1.82, 2.24) is 0 Å². The highest BCUT2D eigenvalue weighted by molar-refractivity contribution is 5.98. The van der Waals surface area contributed by atoms with Crippen LogP contribution in [-0.4, -0.2) is 17.0 Å². The molecule has 0 amide bonds. The number of carboxylic acids is 1. The van der Waals surface area contributed by atoms with Gasteiger partial charge in [-0.1, -0.05) is 24.3 Å². The molecule has 0 unspecified atom stereocenters. The smallest absolute Gasteiger partial charge is 0.335 e. The second-order valence-corrected chi connectivity index (χ2v) is 3.59. The SMILES string of the molecule is CC(=O)Oc1cc(C(=O)O)cc2ccccc12. The van der Waals surface area contributed by atoms with E-state index in [9.17, 15) is 9.59 Å². The largest absolute Gasteiger partial charge is 0.478 e. The Morgan fingerprint density at radius 2 is 1.88 bits per heavy atom. The van der Waals surface area contributed by atoms with Crippen LogP contribution in [0, 0.1) is 0 Å². The summed E-state index contributed by atoms with van der Waals surface area (Å²) in [5.41, 5.74) is 0.0972. The second-order valence-electron chi connectivity index (χ2n) is 3.59. The molecule has 0 heterocycles. The van der Waals surface area contributed by atoms with Crippen molar-refractivity contribution in [2.24, 2.45) is 0 Å². The molecule has 0 bridgehead atoms. The molecule has 4 heteroatoms. The second kappa shape index (κ2) is 4.25. The average Bonchev–Trinajstić information content (AvgIpc) is 2.28. The van der Waals surface area contributed by atoms with E-state index in [1.807, 2.05) is 0 Å². The van der Waals surface area contributed by atoms with Crippen LogP contribution < -0.4 is 4.74 Å². The third-order valence-corrected chi connectivity index (χ3v) is 2.32. The van der Waals surface area contributed by atoms with E-state index >= 15 is 0 Å². The summed E-state index contributed by atoms with van der Waals surface area (Å²) in [6, 6.07) is 10.0. The normalized spacial score (nSPS) is 10.2. The van der Waals surface area contributed by atoms with Gasteiger partial charge >= 0.3 is 11.9 Å². The van der Waals surface area contributed by atoms with Gasteiger partial charge in [-0.05, 0) is 17.5 Å². The lowest BCUT2D eigenvalue weighted by atomic mass is 10.1. The molecule has 0 aromatic heterocycles. The maximum absolute atomic E-state index is 11.0. The Morgan fingerprint density at radius 1 is 1.18 bits per heavy atom. The number of fused-ring (bicyclic) bond motifs is 1. The van der Waals surface area contributed by atoms with Crippen LogP contribution in [0.2, 0.25) is 0 Å². The maximum Gasteiger partial charge on any atom is 0.335 e. The van der Waals surface area contributed by atoms with Gasteiger partial charge in [-0.15, -0.1) is 0 Å². The Bertz CT molecular complexity index is 601. The first kappa shape index (κ1) is 11.1. The van der Waals surface area contributed by atoms with Crippen LogP contribution in [-0.2, 0) is 4.79 Å². The van der Waals surface area contributed by atoms with Crippen LogP contribution in [0.3, 0.4) is 0 Å². The Kier molecular flexibility index (Phi) is 2.78. The minimum Gasteiger partial charge on any atom is -0.478 e. The van der Waals surface area contributed by atoms with Crippen LogP contribution in [0.1, 0.15) is 17.3 Å². The van der Waals surface area contributed by atoms with Crippen LogP contribution >= 0.6 is 0 Å². The fourth-order valence-corrected chi connectivity index (χ4v) is 1.64. The first-order valence-electron chi connectivity index (χ1n) is 5.02. The quantitative estimate of drug-likeness (QED) is 0.635. The summed E-state index contributed by atoms with van der Waals surface area (Å²) in [5.74, 6) is -1.25. The highest BCUT2D eigenvalue weighted by atomic mass is 16.5. The molecule has 2 aromatic rings. The molecule has 1 N–H and O–H groups in total. The van der Waals surface area contributed by atoms with Gasteiger partial charge in [0.1, 0.15) is 5.75 Å². The molecular formula is C13H10O4. The summed E-state index contributed by atoms with van der Waals surface area (Å²) >= 11 is 0. The molecule has 4 nitrogen and oxygen atoms in total. The van der Waals surface area contributed by atoms with Crippen molar-refractivity contribution in [2.75, 3.05) is 0 Å². The van der Waals surface area contributed by atoms with E-state index in [1.54, 1.807) is 30.3 Å². The van der Waals surface area contributed by atoms with Crippen molar-refractivity contribution in [3.8, 4) is 5.75 Å². The predicted octanol–water partition coefficient (Wildman–Crippen LogP) is 2.46. The Balaban J connectivity index is 2.68. The Labute approximate surface area is 97.4 Å². The molecule has 0 saturated carbocycles. The van der Waals surface area contributed by atoms with Gasteiger partial charge in [0, 0.05) is 12.3 Å². The molecule has 0 radical (unpaired) electrons. The first-order valence-corrected chi connectivity index (χ1v) is 5.02. The number of ether oxygens (including phenoxy) is 1. The number of rotatable bonds is 2. The minimum atomic E-state index is -1.05. The van der Waals surface area contributed by atoms with Crippen molar-refractivity contribution in [2.45, 2.75) is 6.92 Å². The summed E-state index contributed by atoms with van der Waals surface area (Å²) in [6.07, 6.45) is 0. The van der Waals surface area contributed by atoms with Crippen molar-refractivity contribution in [3.63, 3.8) is 0 Å². The van der Waals surface area contributed by atoms with Gasteiger partial charge in [-0.2, -0.15) is 0 Å². The lowest BCUT2D eigenvalue weighted by molar-refractivity contribution is -0.131. The van der Waals surface area contributed by atoms with Crippen molar-refractivity contribution >= 4 is 22.7 Å². The summed E-state index contributed by atoms with van der Waals surface area (Å²) in [6.45, 7) is 1.28. The lowest BCUT2D eigenvalue weighted by Crippen LogP contribution is -2.04. The molecule has 0 aliphatic heterocycles. The van der Waals surface area contributed by atoms with Gasteiger partial charge in [-0.3, -0.25) is 4.79 Å². The molecule has 0 aliphatic carbocycles. The van der Waals surface area contributed by atoms with E-state index < -0.39 is 11.9 Å². The van der Waals surface area contributed by atoms with E-state index in [0.717, 1.165) is 5.39 Å². The summed E-state index contributed by atoms with van der Waals surface area (Å²) in [5, 5.41) is 10.4. The van der Waals surface area contributed by atoms with E-state index in [0.29, 0.717) is 5.39 Å². The van der Waals surface area contributed by atoms with E-state index in [1.165, 1.54) is 13.0 Å². The molecule has 0 fully saturated rings. The molecule has 0 atom stereocenters. The van der Waals surface area contributed by atoms with Gasteiger partial charge in [-0.25, -0.2) is 4.79 Å². The van der Waals surface area contributed by atoms with E-state index in [-0.39, 0.29) is 11.3 Å². The third-order valence-electron chi connectivity index (χ3n) is 2.32. The van der Waals surface area contributed by atoms with Crippen LogP contribution in [0.25, 0.3) is 10.8 Å². The zero-order valence-corrected chi connectivity index (χ0v) is 9.14. The van der Waals surface area contributed by atoms with Gasteiger partial charge in [0.2, 0.25) is 0 Å². The number of carboxylic acid groups (broad SMARTS) is 1. The molecule has 2 rings (SSSR count). The molecular weight excluding hydrogens is 220 g/mol. The number of hydrogen-bond acceptors (Lipinski definition) is 3. The Morgan fingerprint density at radius 3 is 2.53 bits per heavy atom. The van der Waals surface area contributed by atoms with E-state index in [4.69, 9.17) is 9.84 Å². The van der Waals surface area contributed by atoms with Crippen LogP contribution in [0.5, 0.6) is 5.75 Å². The van der Waals surface area contributed by atoms with Gasteiger partial charge < -0.3 is 9.84 Å². The molecule has 0 aliphatic rings. The molecule has 2 aromatic carbocycles. The van der Waals surface area contributed by atoms with Crippen LogP contribution in [0.15, 0.2) is 36.4 Å². The zero-order chi connectivity index (χ0) is 12.4. The first-order chi connectivity index (χ1) is 8.08. The zero-order valence-electron chi connectivity index (χ0n) is 9.14. The standard InChI is InChI=1S/C13H10O4/c1-8(14)17-12-7-10(13(15)16)6-9-4-2-3-5-11(9)12/h2-7H,1H3,(H,15,16). The molecule has 17 heavy (non-hydrogen) atoms. The summed E-state index contributed by atoms with van der Waals surface area (Å²) < 4.78 is 5.02. The summed E-state index contributed by atoms with van der Waals surface area (Å²) in [7, 11) is 0. The van der Waals surface area contributed by atoms with Gasteiger partial charge in [0.05, 0.1) is 5.56 Å². The topological polar surface area (TPSA) is 63.6 Å². The van der Waals surface area contributed by atoms with E-state index in [2.05, 4.69) is 0 Å². The third kappa shape index (κ3) is 2.25. The monoisotopic (exact) mass is 230 g/mol. The number of benzene rings is 2. The minimum absolute atomic E-state index is 0.0972. The van der Waals surface area contributed by atoms with Crippen molar-refractivity contribution in [1.29, 1.82) is 0 Å². The fourth-order valence-electron chi connectivity index (χ4n) is 1.64. The molecule has 86 valence electrons. The van der Waals surface area contributed by atoms with Crippen molar-refractivity contribution < 1.29 is 19.4 Å². The predicted molar refractivity (Wildman–Crippen MR) is 62.2 cm³/mol. The number of hydrogen-bond donors (Lipinski definition) is 1. The maximum atomic E-state index is 11.0.